The molecule has 0 spiro atoms. The lowest BCUT2D eigenvalue weighted by Gasteiger charge is -2.29. The number of halogens is 1. The minimum Gasteiger partial charge on any atom is -0.378 e. The number of hydrogen-bond acceptors (Lipinski definition) is 3. The lowest BCUT2D eigenvalue weighted by atomic mass is 10.2. The highest BCUT2D eigenvalue weighted by Gasteiger charge is 2.22. The Kier molecular flexibility index (Phi) is 4.82. The van der Waals surface area contributed by atoms with Crippen LogP contribution in [0.25, 0.3) is 0 Å². The molecule has 1 fully saturated rings. The lowest BCUT2D eigenvalue weighted by Crippen LogP contribution is -2.46. The van der Waals surface area contributed by atoms with E-state index >= 15 is 0 Å². The predicted molar refractivity (Wildman–Crippen MR) is 79.6 cm³/mol. The summed E-state index contributed by atoms with van der Waals surface area (Å²) in [5.41, 5.74) is 0.976. The second-order valence-electron chi connectivity index (χ2n) is 4.31. The van der Waals surface area contributed by atoms with Crippen LogP contribution in [0, 0.1) is 3.57 Å². The Morgan fingerprint density at radius 3 is 2.56 bits per heavy atom. The van der Waals surface area contributed by atoms with Crippen molar-refractivity contribution in [3.8, 4) is 0 Å². The smallest absolute Gasteiger partial charge is 0.244 e. The van der Waals surface area contributed by atoms with E-state index in [0.717, 1.165) is 5.69 Å². The molecule has 4 nitrogen and oxygen atoms in total. The number of hydrogen-bond donors (Lipinski definition) is 1. The summed E-state index contributed by atoms with van der Waals surface area (Å²) in [6.07, 6.45) is 0. The molecule has 1 amide bonds. The minimum atomic E-state index is -0.205. The van der Waals surface area contributed by atoms with Crippen molar-refractivity contribution in [1.29, 1.82) is 0 Å². The summed E-state index contributed by atoms with van der Waals surface area (Å²) in [7, 11) is 0. The molecule has 1 aromatic rings. The van der Waals surface area contributed by atoms with Crippen LogP contribution in [0.5, 0.6) is 0 Å². The van der Waals surface area contributed by atoms with Gasteiger partial charge in [-0.25, -0.2) is 0 Å². The summed E-state index contributed by atoms with van der Waals surface area (Å²) >= 11 is 2.26. The van der Waals surface area contributed by atoms with Crippen molar-refractivity contribution in [2.24, 2.45) is 0 Å². The number of carbonyl (C=O) groups excluding carboxylic acids is 1. The Balaban J connectivity index is 1.92. The highest BCUT2D eigenvalue weighted by atomic mass is 127. The first-order valence-electron chi connectivity index (χ1n) is 6.05. The predicted octanol–water partition coefficient (Wildman–Crippen LogP) is 1.95. The van der Waals surface area contributed by atoms with Gasteiger partial charge in [-0.3, -0.25) is 4.79 Å². The largest absolute Gasteiger partial charge is 0.378 e. The number of amides is 1. The zero-order valence-electron chi connectivity index (χ0n) is 10.4. The van der Waals surface area contributed by atoms with Crippen molar-refractivity contribution in [1.82, 2.24) is 4.90 Å². The van der Waals surface area contributed by atoms with Crippen LogP contribution in [0.1, 0.15) is 6.92 Å². The highest BCUT2D eigenvalue weighted by Crippen LogP contribution is 2.13. The molecule has 1 atom stereocenters. The molecule has 18 heavy (non-hydrogen) atoms. The fourth-order valence-electron chi connectivity index (χ4n) is 1.92. The first-order chi connectivity index (χ1) is 8.66. The molecule has 0 saturated carbocycles. The molecule has 1 N–H and O–H groups in total. The van der Waals surface area contributed by atoms with Gasteiger partial charge in [-0.05, 0) is 53.8 Å². The molecule has 1 heterocycles. The molecule has 1 aromatic carbocycles. The van der Waals surface area contributed by atoms with Crippen LogP contribution in [0.4, 0.5) is 5.69 Å². The molecule has 2 rings (SSSR count). The third-order valence-electron chi connectivity index (χ3n) is 2.92. The van der Waals surface area contributed by atoms with Crippen molar-refractivity contribution in [2.75, 3.05) is 31.6 Å². The normalized spacial score (nSPS) is 17.3. The average molecular weight is 360 g/mol. The van der Waals surface area contributed by atoms with E-state index in [1.807, 2.05) is 36.1 Å². The summed E-state index contributed by atoms with van der Waals surface area (Å²) < 4.78 is 6.43. The molecule has 1 saturated heterocycles. The fraction of sp³-hybridized carbons (Fsp3) is 0.462. The van der Waals surface area contributed by atoms with Gasteiger partial charge in [0.2, 0.25) is 5.91 Å². The van der Waals surface area contributed by atoms with E-state index in [9.17, 15) is 4.79 Å². The first kappa shape index (κ1) is 13.6. The highest BCUT2D eigenvalue weighted by molar-refractivity contribution is 14.1. The van der Waals surface area contributed by atoms with Gasteiger partial charge in [0, 0.05) is 22.3 Å². The Morgan fingerprint density at radius 2 is 1.94 bits per heavy atom. The molecule has 0 unspecified atom stereocenters. The second kappa shape index (κ2) is 6.38. The first-order valence-corrected chi connectivity index (χ1v) is 7.13. The quantitative estimate of drug-likeness (QED) is 0.838. The fourth-order valence-corrected chi connectivity index (χ4v) is 2.28. The van der Waals surface area contributed by atoms with E-state index in [4.69, 9.17) is 4.74 Å². The number of carbonyl (C=O) groups is 1. The minimum absolute atomic E-state index is 0.136. The number of anilines is 1. The Labute approximate surface area is 121 Å². The van der Waals surface area contributed by atoms with Gasteiger partial charge in [-0.2, -0.15) is 0 Å². The number of morpholine rings is 1. The standard InChI is InChI=1S/C13H17IN2O2/c1-10(13(17)16-6-8-18-9-7-16)15-12-4-2-11(14)3-5-12/h2-5,10,15H,6-9H2,1H3/t10-/m0/s1. The number of nitrogens with one attached hydrogen (secondary N) is 1. The van der Waals surface area contributed by atoms with Gasteiger partial charge < -0.3 is 15.0 Å². The van der Waals surface area contributed by atoms with Crippen LogP contribution in [0.3, 0.4) is 0 Å². The van der Waals surface area contributed by atoms with Crippen LogP contribution < -0.4 is 5.32 Å². The summed E-state index contributed by atoms with van der Waals surface area (Å²) in [5, 5.41) is 3.23. The van der Waals surface area contributed by atoms with E-state index in [1.165, 1.54) is 3.57 Å². The molecular formula is C13H17IN2O2. The SMILES string of the molecule is C[C@H](Nc1ccc(I)cc1)C(=O)N1CCOCC1. The zero-order valence-corrected chi connectivity index (χ0v) is 12.5. The van der Waals surface area contributed by atoms with Crippen LogP contribution in [-0.2, 0) is 9.53 Å². The maximum absolute atomic E-state index is 12.2. The van der Waals surface area contributed by atoms with E-state index < -0.39 is 0 Å². The zero-order chi connectivity index (χ0) is 13.0. The summed E-state index contributed by atoms with van der Waals surface area (Å²) in [6, 6.07) is 7.82. The maximum Gasteiger partial charge on any atom is 0.244 e. The molecule has 0 aromatic heterocycles. The van der Waals surface area contributed by atoms with E-state index in [-0.39, 0.29) is 11.9 Å². The molecule has 0 radical (unpaired) electrons. The van der Waals surface area contributed by atoms with Crippen molar-refractivity contribution < 1.29 is 9.53 Å². The van der Waals surface area contributed by atoms with Gasteiger partial charge in [0.05, 0.1) is 13.2 Å². The van der Waals surface area contributed by atoms with Crippen molar-refractivity contribution in [3.63, 3.8) is 0 Å². The van der Waals surface area contributed by atoms with Gasteiger partial charge in [-0.1, -0.05) is 0 Å². The Bertz CT molecular complexity index is 402. The van der Waals surface area contributed by atoms with Crippen LogP contribution >= 0.6 is 22.6 Å². The third-order valence-corrected chi connectivity index (χ3v) is 3.64. The molecule has 0 aliphatic carbocycles. The molecule has 98 valence electrons. The van der Waals surface area contributed by atoms with Crippen molar-refractivity contribution in [3.05, 3.63) is 27.8 Å². The van der Waals surface area contributed by atoms with Gasteiger partial charge in [0.15, 0.2) is 0 Å². The average Bonchev–Trinajstić information content (AvgIpc) is 2.41. The topological polar surface area (TPSA) is 41.6 Å². The summed E-state index contributed by atoms with van der Waals surface area (Å²) in [5.74, 6) is 0.136. The molecule has 0 bridgehead atoms. The lowest BCUT2D eigenvalue weighted by molar-refractivity contribution is -0.135. The van der Waals surface area contributed by atoms with Crippen molar-refractivity contribution >= 4 is 34.2 Å². The van der Waals surface area contributed by atoms with E-state index in [1.54, 1.807) is 0 Å². The summed E-state index contributed by atoms with van der Waals surface area (Å²) in [4.78, 5) is 14.0. The van der Waals surface area contributed by atoms with Gasteiger partial charge in [0.25, 0.3) is 0 Å². The van der Waals surface area contributed by atoms with Crippen LogP contribution in [0.2, 0.25) is 0 Å². The molecule has 1 aliphatic heterocycles. The van der Waals surface area contributed by atoms with Gasteiger partial charge >= 0.3 is 0 Å². The Morgan fingerprint density at radius 1 is 1.33 bits per heavy atom. The number of rotatable bonds is 3. The van der Waals surface area contributed by atoms with E-state index in [2.05, 4.69) is 27.9 Å². The van der Waals surface area contributed by atoms with Gasteiger partial charge in [-0.15, -0.1) is 0 Å². The monoisotopic (exact) mass is 360 g/mol. The Hall–Kier alpha value is -0.820. The number of nitrogens with zero attached hydrogens (tertiary/aromatic N) is 1. The number of benzene rings is 1. The third kappa shape index (κ3) is 3.58. The van der Waals surface area contributed by atoms with E-state index in [0.29, 0.717) is 26.3 Å². The molecular weight excluding hydrogens is 343 g/mol. The van der Waals surface area contributed by atoms with Gasteiger partial charge in [0.1, 0.15) is 6.04 Å². The summed E-state index contributed by atoms with van der Waals surface area (Å²) in [6.45, 7) is 4.56. The van der Waals surface area contributed by atoms with Crippen molar-refractivity contribution in [2.45, 2.75) is 13.0 Å². The maximum atomic E-state index is 12.2. The van der Waals surface area contributed by atoms with Crippen LogP contribution in [0.15, 0.2) is 24.3 Å². The number of ether oxygens (including phenoxy) is 1. The second-order valence-corrected chi connectivity index (χ2v) is 5.56. The molecule has 1 aliphatic rings. The van der Waals surface area contributed by atoms with Crippen LogP contribution in [-0.4, -0.2) is 43.2 Å². The molecule has 5 heteroatoms.